The Morgan fingerprint density at radius 1 is 0.966 bits per heavy atom. The lowest BCUT2D eigenvalue weighted by molar-refractivity contribution is -0.118. The average Bonchev–Trinajstić information content (AvgIpc) is 2.76. The third-order valence-electron chi connectivity index (χ3n) is 5.20. The second-order valence-corrected chi connectivity index (χ2v) is 8.38. The maximum absolute atomic E-state index is 13.7. The number of halogens is 1. The van der Waals surface area contributed by atoms with Crippen molar-refractivity contribution < 1.29 is 14.0 Å². The number of benzene rings is 2. The lowest BCUT2D eigenvalue weighted by Crippen LogP contribution is -2.31. The molecule has 0 saturated heterocycles. The Bertz CT molecular complexity index is 837. The van der Waals surface area contributed by atoms with Gasteiger partial charge in [0, 0.05) is 23.5 Å². The first-order valence-corrected chi connectivity index (χ1v) is 11.1. The summed E-state index contributed by atoms with van der Waals surface area (Å²) >= 11 is 1.35. The molecule has 154 valence electrons. The number of thioether (sulfide) groups is 1. The number of nitrogens with one attached hydrogen (secondary N) is 2. The maximum Gasteiger partial charge on any atom is 0.252 e. The molecule has 2 N–H and O–H groups in total. The topological polar surface area (TPSA) is 58.2 Å². The van der Waals surface area contributed by atoms with Crippen LogP contribution in [0.5, 0.6) is 0 Å². The van der Waals surface area contributed by atoms with Crippen molar-refractivity contribution in [3.8, 4) is 0 Å². The third kappa shape index (κ3) is 6.60. The van der Waals surface area contributed by atoms with Gasteiger partial charge in [-0.3, -0.25) is 9.59 Å². The van der Waals surface area contributed by atoms with Gasteiger partial charge < -0.3 is 10.6 Å². The van der Waals surface area contributed by atoms with Gasteiger partial charge in [0.1, 0.15) is 5.82 Å². The third-order valence-corrected chi connectivity index (χ3v) is 6.27. The first-order chi connectivity index (χ1) is 14.1. The summed E-state index contributed by atoms with van der Waals surface area (Å²) in [7, 11) is 0. The van der Waals surface area contributed by atoms with Gasteiger partial charge in [-0.1, -0.05) is 49.6 Å². The second-order valence-electron chi connectivity index (χ2n) is 7.37. The number of carbonyl (C=O) groups excluding carboxylic acids is 2. The Kier molecular flexibility index (Phi) is 8.11. The normalized spacial score (nSPS) is 14.4. The van der Waals surface area contributed by atoms with Gasteiger partial charge in [-0.15, -0.1) is 11.8 Å². The average molecular weight is 415 g/mol. The van der Waals surface area contributed by atoms with Crippen LogP contribution < -0.4 is 10.6 Å². The lowest BCUT2D eigenvalue weighted by atomic mass is 9.89. The van der Waals surface area contributed by atoms with E-state index < -0.39 is 0 Å². The highest BCUT2D eigenvalue weighted by molar-refractivity contribution is 8.00. The van der Waals surface area contributed by atoms with Crippen molar-refractivity contribution in [2.45, 2.75) is 43.5 Å². The SMILES string of the molecule is O=C(CSc1ccccc1C(=O)NCc1ccccc1F)NCC1CCCCC1. The molecule has 0 unspecified atom stereocenters. The summed E-state index contributed by atoms with van der Waals surface area (Å²) in [6.45, 7) is 0.858. The summed E-state index contributed by atoms with van der Waals surface area (Å²) < 4.78 is 13.7. The van der Waals surface area contributed by atoms with Crippen molar-refractivity contribution in [2.75, 3.05) is 12.3 Å². The van der Waals surface area contributed by atoms with E-state index in [2.05, 4.69) is 10.6 Å². The molecule has 4 nitrogen and oxygen atoms in total. The Balaban J connectivity index is 1.50. The van der Waals surface area contributed by atoms with Crippen molar-refractivity contribution in [1.82, 2.24) is 10.6 Å². The lowest BCUT2D eigenvalue weighted by Gasteiger charge is -2.21. The molecule has 1 saturated carbocycles. The summed E-state index contributed by atoms with van der Waals surface area (Å²) in [5.41, 5.74) is 0.932. The molecule has 0 aromatic heterocycles. The largest absolute Gasteiger partial charge is 0.355 e. The van der Waals surface area contributed by atoms with E-state index in [1.54, 1.807) is 30.3 Å². The molecule has 0 radical (unpaired) electrons. The number of carbonyl (C=O) groups is 2. The molecular formula is C23H27FN2O2S. The molecule has 0 heterocycles. The molecule has 2 aromatic carbocycles. The molecule has 29 heavy (non-hydrogen) atoms. The predicted molar refractivity (Wildman–Crippen MR) is 114 cm³/mol. The van der Waals surface area contributed by atoms with Gasteiger partial charge in [-0.2, -0.15) is 0 Å². The van der Waals surface area contributed by atoms with Gasteiger partial charge in [0.15, 0.2) is 0 Å². The van der Waals surface area contributed by atoms with Gasteiger partial charge in [0.2, 0.25) is 5.91 Å². The zero-order valence-electron chi connectivity index (χ0n) is 16.5. The van der Waals surface area contributed by atoms with Crippen LogP contribution in [0.15, 0.2) is 53.4 Å². The summed E-state index contributed by atoms with van der Waals surface area (Å²) in [5, 5.41) is 5.78. The van der Waals surface area contributed by atoms with E-state index >= 15 is 0 Å². The molecule has 1 aliphatic rings. The molecule has 0 spiro atoms. The molecule has 3 rings (SSSR count). The fourth-order valence-corrected chi connectivity index (χ4v) is 4.42. The van der Waals surface area contributed by atoms with Crippen LogP contribution in [0.2, 0.25) is 0 Å². The van der Waals surface area contributed by atoms with Crippen LogP contribution in [-0.4, -0.2) is 24.1 Å². The van der Waals surface area contributed by atoms with Crippen LogP contribution >= 0.6 is 11.8 Å². The van der Waals surface area contributed by atoms with E-state index in [4.69, 9.17) is 0 Å². The minimum Gasteiger partial charge on any atom is -0.355 e. The summed E-state index contributed by atoms with van der Waals surface area (Å²) in [4.78, 5) is 25.5. The maximum atomic E-state index is 13.7. The van der Waals surface area contributed by atoms with E-state index in [-0.39, 0.29) is 29.9 Å². The minimum atomic E-state index is -0.343. The highest BCUT2D eigenvalue weighted by Crippen LogP contribution is 2.24. The molecule has 0 aliphatic heterocycles. The monoisotopic (exact) mass is 414 g/mol. The van der Waals surface area contributed by atoms with E-state index in [0.29, 0.717) is 17.0 Å². The first-order valence-electron chi connectivity index (χ1n) is 10.1. The van der Waals surface area contributed by atoms with Crippen molar-refractivity contribution in [2.24, 2.45) is 5.92 Å². The van der Waals surface area contributed by atoms with E-state index in [1.165, 1.54) is 49.9 Å². The molecule has 0 atom stereocenters. The molecule has 0 bridgehead atoms. The Labute approximate surface area is 175 Å². The predicted octanol–water partition coefficient (Wildman–Crippen LogP) is 4.54. The minimum absolute atomic E-state index is 0.0119. The first kappa shape index (κ1) is 21.4. The van der Waals surface area contributed by atoms with Crippen LogP contribution in [0.4, 0.5) is 4.39 Å². The smallest absolute Gasteiger partial charge is 0.252 e. The van der Waals surface area contributed by atoms with Crippen molar-refractivity contribution in [3.05, 3.63) is 65.5 Å². The Morgan fingerprint density at radius 3 is 2.48 bits per heavy atom. The number of rotatable bonds is 8. The van der Waals surface area contributed by atoms with Crippen molar-refractivity contribution in [1.29, 1.82) is 0 Å². The fraction of sp³-hybridized carbons (Fsp3) is 0.391. The summed E-state index contributed by atoms with van der Waals surface area (Å²) in [6.07, 6.45) is 6.20. The number of hydrogen-bond donors (Lipinski definition) is 2. The van der Waals surface area contributed by atoms with Crippen LogP contribution in [-0.2, 0) is 11.3 Å². The second kappa shape index (κ2) is 11.0. The van der Waals surface area contributed by atoms with Crippen molar-refractivity contribution in [3.63, 3.8) is 0 Å². The fourth-order valence-electron chi connectivity index (χ4n) is 3.54. The highest BCUT2D eigenvalue weighted by Gasteiger charge is 2.16. The molecule has 2 amide bonds. The zero-order chi connectivity index (χ0) is 20.5. The molecule has 2 aromatic rings. The molecular weight excluding hydrogens is 387 g/mol. The molecule has 1 aliphatic carbocycles. The number of hydrogen-bond acceptors (Lipinski definition) is 3. The molecule has 1 fully saturated rings. The van der Waals surface area contributed by atoms with Gasteiger partial charge in [-0.25, -0.2) is 4.39 Å². The van der Waals surface area contributed by atoms with Crippen LogP contribution in [0.25, 0.3) is 0 Å². The van der Waals surface area contributed by atoms with Crippen LogP contribution in [0, 0.1) is 11.7 Å². The number of amides is 2. The van der Waals surface area contributed by atoms with E-state index in [1.807, 2.05) is 12.1 Å². The van der Waals surface area contributed by atoms with Gasteiger partial charge in [-0.05, 0) is 37.0 Å². The van der Waals surface area contributed by atoms with Crippen LogP contribution in [0.3, 0.4) is 0 Å². The Hall–Kier alpha value is -2.34. The molecule has 6 heteroatoms. The Morgan fingerprint density at radius 2 is 1.69 bits per heavy atom. The summed E-state index contributed by atoms with van der Waals surface area (Å²) in [6, 6.07) is 13.5. The zero-order valence-corrected chi connectivity index (χ0v) is 17.3. The van der Waals surface area contributed by atoms with Gasteiger partial charge in [0.25, 0.3) is 5.91 Å². The quantitative estimate of drug-likeness (QED) is 0.624. The van der Waals surface area contributed by atoms with E-state index in [0.717, 1.165) is 11.4 Å². The highest BCUT2D eigenvalue weighted by atomic mass is 32.2. The standard InChI is InChI=1S/C23H27FN2O2S/c24-20-12-6-4-10-18(20)15-26-23(28)19-11-5-7-13-21(19)29-16-22(27)25-14-17-8-2-1-3-9-17/h4-7,10-13,17H,1-3,8-9,14-16H2,(H,25,27)(H,26,28). The van der Waals surface area contributed by atoms with Gasteiger partial charge in [0.05, 0.1) is 11.3 Å². The summed E-state index contributed by atoms with van der Waals surface area (Å²) in [5.74, 6) is 0.227. The van der Waals surface area contributed by atoms with Crippen LogP contribution in [0.1, 0.15) is 48.0 Å². The van der Waals surface area contributed by atoms with Crippen molar-refractivity contribution >= 4 is 23.6 Å². The van der Waals surface area contributed by atoms with Gasteiger partial charge >= 0.3 is 0 Å². The van der Waals surface area contributed by atoms with E-state index in [9.17, 15) is 14.0 Å².